The van der Waals surface area contributed by atoms with E-state index in [4.69, 9.17) is 9.47 Å². The molecule has 1 aliphatic rings. The molecule has 4 heteroatoms. The molecule has 1 unspecified atom stereocenters. The molecule has 4 nitrogen and oxygen atoms in total. The van der Waals surface area contributed by atoms with Crippen molar-refractivity contribution in [3.8, 4) is 11.5 Å². The van der Waals surface area contributed by atoms with Crippen LogP contribution in [0.3, 0.4) is 0 Å². The smallest absolute Gasteiger partial charge is 0.190 e. The van der Waals surface area contributed by atoms with Gasteiger partial charge >= 0.3 is 0 Å². The molecule has 1 aromatic heterocycles. The molecule has 2 aromatic carbocycles. The lowest BCUT2D eigenvalue weighted by Gasteiger charge is -2.24. The van der Waals surface area contributed by atoms with Gasteiger partial charge in [-0.05, 0) is 36.8 Å². The van der Waals surface area contributed by atoms with E-state index in [9.17, 15) is 0 Å². The van der Waals surface area contributed by atoms with Crippen LogP contribution in [0.2, 0.25) is 0 Å². The van der Waals surface area contributed by atoms with E-state index in [1.54, 1.807) is 0 Å². The Hall–Kier alpha value is -2.49. The van der Waals surface area contributed by atoms with Crippen LogP contribution in [0.4, 0.5) is 0 Å². The highest BCUT2D eigenvalue weighted by molar-refractivity contribution is 5.75. The maximum atomic E-state index is 5.96. The molecule has 0 aliphatic carbocycles. The van der Waals surface area contributed by atoms with Crippen molar-refractivity contribution in [2.24, 2.45) is 0 Å². The molecule has 20 heavy (non-hydrogen) atoms. The fourth-order valence-corrected chi connectivity index (χ4v) is 2.45. The molecule has 100 valence electrons. The lowest BCUT2D eigenvalue weighted by atomic mass is 10.2. The van der Waals surface area contributed by atoms with Gasteiger partial charge in [-0.1, -0.05) is 18.2 Å². The van der Waals surface area contributed by atoms with Gasteiger partial charge in [0, 0.05) is 0 Å². The number of aromatic amines is 1. The molecular weight excluding hydrogens is 252 g/mol. The van der Waals surface area contributed by atoms with E-state index in [0.717, 1.165) is 28.4 Å². The third-order valence-electron chi connectivity index (χ3n) is 3.47. The Labute approximate surface area is 116 Å². The summed E-state index contributed by atoms with van der Waals surface area (Å²) in [5.41, 5.74) is 3.19. The van der Waals surface area contributed by atoms with E-state index in [1.807, 2.05) is 30.3 Å². The Morgan fingerprint density at radius 2 is 2.00 bits per heavy atom. The van der Waals surface area contributed by atoms with E-state index < -0.39 is 0 Å². The zero-order chi connectivity index (χ0) is 13.5. The summed E-state index contributed by atoms with van der Waals surface area (Å²) in [7, 11) is 0. The number of aryl methyl sites for hydroxylation is 1. The molecule has 0 fully saturated rings. The van der Waals surface area contributed by atoms with Crippen molar-refractivity contribution in [2.75, 3.05) is 6.61 Å². The van der Waals surface area contributed by atoms with Gasteiger partial charge in [0.1, 0.15) is 6.61 Å². The molecule has 0 amide bonds. The number of hydrogen-bond donors (Lipinski definition) is 1. The fraction of sp³-hybridized carbons (Fsp3) is 0.188. The number of H-pyrrole nitrogens is 1. The van der Waals surface area contributed by atoms with Gasteiger partial charge in [-0.25, -0.2) is 4.98 Å². The SMILES string of the molecule is Cc1ccc2nc(C3COc4ccccc4O3)[nH]c2c1. The second kappa shape index (κ2) is 4.27. The van der Waals surface area contributed by atoms with Crippen LogP contribution in [0, 0.1) is 6.92 Å². The van der Waals surface area contributed by atoms with Gasteiger partial charge in [-0.2, -0.15) is 0 Å². The summed E-state index contributed by atoms with van der Waals surface area (Å²) in [6.45, 7) is 2.53. The standard InChI is InChI=1S/C16H14N2O2/c1-10-6-7-11-12(8-10)18-16(17-11)15-9-19-13-4-2-3-5-14(13)20-15/h2-8,15H,9H2,1H3,(H,17,18). The van der Waals surface area contributed by atoms with Crippen molar-refractivity contribution >= 4 is 11.0 Å². The van der Waals surface area contributed by atoms with Gasteiger partial charge in [-0.15, -0.1) is 0 Å². The maximum Gasteiger partial charge on any atom is 0.190 e. The number of nitrogens with zero attached hydrogens (tertiary/aromatic N) is 1. The molecule has 0 saturated heterocycles. The van der Waals surface area contributed by atoms with Gasteiger partial charge in [0.05, 0.1) is 11.0 Å². The quantitative estimate of drug-likeness (QED) is 0.734. The van der Waals surface area contributed by atoms with E-state index in [1.165, 1.54) is 5.56 Å². The van der Waals surface area contributed by atoms with Crippen molar-refractivity contribution < 1.29 is 9.47 Å². The number of nitrogens with one attached hydrogen (secondary N) is 1. The molecule has 1 N–H and O–H groups in total. The molecule has 1 aliphatic heterocycles. The summed E-state index contributed by atoms with van der Waals surface area (Å²) < 4.78 is 11.7. The predicted octanol–water partition coefficient (Wildman–Crippen LogP) is 3.38. The highest BCUT2D eigenvalue weighted by atomic mass is 16.6. The van der Waals surface area contributed by atoms with Crippen LogP contribution in [0.1, 0.15) is 17.5 Å². The molecule has 2 heterocycles. The number of benzene rings is 2. The Balaban J connectivity index is 1.70. The molecule has 0 radical (unpaired) electrons. The molecule has 0 spiro atoms. The summed E-state index contributed by atoms with van der Waals surface area (Å²) in [6, 6.07) is 13.9. The van der Waals surface area contributed by atoms with Crippen LogP contribution in [0.15, 0.2) is 42.5 Å². The number of fused-ring (bicyclic) bond motifs is 2. The van der Waals surface area contributed by atoms with Crippen LogP contribution in [0.5, 0.6) is 11.5 Å². The number of rotatable bonds is 1. The average molecular weight is 266 g/mol. The van der Waals surface area contributed by atoms with Crippen LogP contribution in [-0.2, 0) is 0 Å². The minimum absolute atomic E-state index is 0.197. The minimum atomic E-state index is -0.197. The number of imidazole rings is 1. The first-order valence-corrected chi connectivity index (χ1v) is 6.64. The van der Waals surface area contributed by atoms with E-state index in [2.05, 4.69) is 29.0 Å². The second-order valence-corrected chi connectivity index (χ2v) is 5.01. The lowest BCUT2D eigenvalue weighted by Crippen LogP contribution is -2.22. The fourth-order valence-electron chi connectivity index (χ4n) is 2.45. The van der Waals surface area contributed by atoms with Gasteiger partial charge in [0.2, 0.25) is 0 Å². The summed E-state index contributed by atoms with van der Waals surface area (Å²) in [4.78, 5) is 7.91. The first-order valence-electron chi connectivity index (χ1n) is 6.64. The van der Waals surface area contributed by atoms with Crippen molar-refractivity contribution in [1.29, 1.82) is 0 Å². The first kappa shape index (κ1) is 11.3. The van der Waals surface area contributed by atoms with Gasteiger partial charge in [-0.3, -0.25) is 0 Å². The predicted molar refractivity (Wildman–Crippen MR) is 76.1 cm³/mol. The van der Waals surface area contributed by atoms with Crippen LogP contribution < -0.4 is 9.47 Å². The summed E-state index contributed by atoms with van der Waals surface area (Å²) in [6.07, 6.45) is -0.197. The zero-order valence-electron chi connectivity index (χ0n) is 11.1. The third kappa shape index (κ3) is 1.81. The molecule has 0 bridgehead atoms. The Morgan fingerprint density at radius 3 is 2.90 bits per heavy atom. The molecular formula is C16H14N2O2. The van der Waals surface area contributed by atoms with Crippen molar-refractivity contribution in [3.05, 3.63) is 53.9 Å². The van der Waals surface area contributed by atoms with Crippen molar-refractivity contribution in [3.63, 3.8) is 0 Å². The normalized spacial score (nSPS) is 17.4. The number of ether oxygens (including phenoxy) is 2. The largest absolute Gasteiger partial charge is 0.485 e. The van der Waals surface area contributed by atoms with Crippen LogP contribution in [0.25, 0.3) is 11.0 Å². The van der Waals surface area contributed by atoms with Crippen molar-refractivity contribution in [1.82, 2.24) is 9.97 Å². The van der Waals surface area contributed by atoms with Crippen LogP contribution in [-0.4, -0.2) is 16.6 Å². The summed E-state index contributed by atoms with van der Waals surface area (Å²) in [5.74, 6) is 2.36. The molecule has 0 saturated carbocycles. The maximum absolute atomic E-state index is 5.96. The third-order valence-corrected chi connectivity index (χ3v) is 3.47. The van der Waals surface area contributed by atoms with E-state index in [0.29, 0.717) is 6.61 Å². The topological polar surface area (TPSA) is 47.1 Å². The monoisotopic (exact) mass is 266 g/mol. The lowest BCUT2D eigenvalue weighted by molar-refractivity contribution is 0.0859. The molecule has 1 atom stereocenters. The van der Waals surface area contributed by atoms with Crippen LogP contribution >= 0.6 is 0 Å². The number of para-hydroxylation sites is 2. The average Bonchev–Trinajstić information content (AvgIpc) is 2.89. The second-order valence-electron chi connectivity index (χ2n) is 5.01. The van der Waals surface area contributed by atoms with Gasteiger partial charge < -0.3 is 14.5 Å². The first-order chi connectivity index (χ1) is 9.79. The number of aromatic nitrogens is 2. The molecule has 3 aromatic rings. The van der Waals surface area contributed by atoms with Crippen molar-refractivity contribution in [2.45, 2.75) is 13.0 Å². The van der Waals surface area contributed by atoms with E-state index >= 15 is 0 Å². The molecule has 4 rings (SSSR count). The summed E-state index contributed by atoms with van der Waals surface area (Å²) >= 11 is 0. The Kier molecular flexibility index (Phi) is 2.42. The Morgan fingerprint density at radius 1 is 1.15 bits per heavy atom. The van der Waals surface area contributed by atoms with Gasteiger partial charge in [0.25, 0.3) is 0 Å². The zero-order valence-corrected chi connectivity index (χ0v) is 11.1. The minimum Gasteiger partial charge on any atom is -0.485 e. The van der Waals surface area contributed by atoms with E-state index in [-0.39, 0.29) is 6.10 Å². The number of hydrogen-bond acceptors (Lipinski definition) is 3. The highest BCUT2D eigenvalue weighted by Gasteiger charge is 2.24. The van der Waals surface area contributed by atoms with Gasteiger partial charge in [0.15, 0.2) is 23.4 Å². The highest BCUT2D eigenvalue weighted by Crippen LogP contribution is 2.35. The summed E-state index contributed by atoms with van der Waals surface area (Å²) in [5, 5.41) is 0. The Bertz CT molecular complexity index is 779.